The molecule has 1 aromatic heterocycles. The number of aryl methyl sites for hydroxylation is 1. The van der Waals surface area contributed by atoms with Crippen molar-refractivity contribution in [2.24, 2.45) is 10.9 Å². The van der Waals surface area contributed by atoms with Crippen LogP contribution in [0, 0.1) is 6.92 Å². The van der Waals surface area contributed by atoms with Crippen LogP contribution < -0.4 is 11.1 Å². The summed E-state index contributed by atoms with van der Waals surface area (Å²) in [7, 11) is 0. The van der Waals surface area contributed by atoms with E-state index in [-0.39, 0.29) is 5.84 Å². The Balaban J connectivity index is 1.96. The van der Waals surface area contributed by atoms with Gasteiger partial charge in [0.15, 0.2) is 5.84 Å². The largest absolute Gasteiger partial charge is 0.409 e. The zero-order valence-electron chi connectivity index (χ0n) is 12.3. The number of thiophene rings is 1. The molecule has 0 amide bonds. The first-order valence-corrected chi connectivity index (χ1v) is 7.76. The van der Waals surface area contributed by atoms with Gasteiger partial charge in [0, 0.05) is 27.9 Å². The zero-order valence-corrected chi connectivity index (χ0v) is 13.2. The van der Waals surface area contributed by atoms with E-state index in [1.54, 1.807) is 0 Å². The lowest BCUT2D eigenvalue weighted by Gasteiger charge is -2.15. The fourth-order valence-corrected chi connectivity index (χ4v) is 3.25. The van der Waals surface area contributed by atoms with E-state index in [0.717, 1.165) is 17.5 Å². The third-order valence-corrected chi connectivity index (χ3v) is 4.37. The molecule has 1 unspecified atom stereocenters. The van der Waals surface area contributed by atoms with Gasteiger partial charge in [-0.25, -0.2) is 0 Å². The fraction of sp³-hybridized carbons (Fsp3) is 0.312. The Labute approximate surface area is 129 Å². The minimum absolute atomic E-state index is 0.147. The van der Waals surface area contributed by atoms with E-state index in [9.17, 15) is 0 Å². The van der Waals surface area contributed by atoms with Crippen molar-refractivity contribution in [3.63, 3.8) is 0 Å². The smallest absolute Gasteiger partial charge is 0.170 e. The van der Waals surface area contributed by atoms with E-state index in [1.165, 1.54) is 9.75 Å². The van der Waals surface area contributed by atoms with Crippen LogP contribution in [-0.4, -0.2) is 17.1 Å². The molecule has 1 aromatic carbocycles. The second-order valence-corrected chi connectivity index (χ2v) is 6.51. The van der Waals surface area contributed by atoms with E-state index in [1.807, 2.05) is 35.6 Å². The highest BCUT2D eigenvalue weighted by molar-refractivity contribution is 7.11. The Bertz CT molecular complexity index is 621. The molecule has 2 rings (SSSR count). The number of rotatable bonds is 6. The lowest BCUT2D eigenvalue weighted by molar-refractivity contribution is 0.318. The molecule has 0 bridgehead atoms. The predicted molar refractivity (Wildman–Crippen MR) is 88.0 cm³/mol. The van der Waals surface area contributed by atoms with Crippen LogP contribution >= 0.6 is 11.3 Å². The third-order valence-electron chi connectivity index (χ3n) is 3.35. The summed E-state index contributed by atoms with van der Waals surface area (Å²) >= 11 is 1.84. The highest BCUT2D eigenvalue weighted by atomic mass is 32.1. The van der Waals surface area contributed by atoms with Gasteiger partial charge in [-0.2, -0.15) is 0 Å². The second-order valence-electron chi connectivity index (χ2n) is 5.14. The van der Waals surface area contributed by atoms with Gasteiger partial charge in [0.1, 0.15) is 0 Å². The molecule has 2 aromatic rings. The molecule has 0 saturated carbocycles. The first-order chi connectivity index (χ1) is 10.1. The number of nitrogens with one attached hydrogen (secondary N) is 1. The van der Waals surface area contributed by atoms with Gasteiger partial charge in [-0.05, 0) is 38.0 Å². The number of oxime groups is 1. The summed E-state index contributed by atoms with van der Waals surface area (Å²) in [6, 6.07) is 12.4. The first kappa shape index (κ1) is 15.5. The molecule has 4 N–H and O–H groups in total. The average Bonchev–Trinajstić information content (AvgIpc) is 2.89. The van der Waals surface area contributed by atoms with Gasteiger partial charge in [0.2, 0.25) is 0 Å². The van der Waals surface area contributed by atoms with Gasteiger partial charge in [0.05, 0.1) is 0 Å². The molecular formula is C16H21N3OS. The van der Waals surface area contributed by atoms with E-state index >= 15 is 0 Å². The molecule has 0 spiro atoms. The van der Waals surface area contributed by atoms with Crippen LogP contribution in [0.3, 0.4) is 0 Å². The number of hydrogen-bond donors (Lipinski definition) is 3. The van der Waals surface area contributed by atoms with Crippen LogP contribution in [-0.2, 0) is 13.0 Å². The Morgan fingerprint density at radius 3 is 2.76 bits per heavy atom. The van der Waals surface area contributed by atoms with E-state index in [2.05, 4.69) is 36.5 Å². The number of nitrogens with zero attached hydrogens (tertiary/aromatic N) is 1. The molecule has 112 valence electrons. The molecule has 0 radical (unpaired) electrons. The standard InChI is InChI=1S/C16H21N3OS/c1-11(9-14-8-7-12(2)21-14)18-10-13-5-3-4-6-15(13)16(17)19-20/h3-8,11,18,20H,9-10H2,1-2H3,(H2,17,19). The summed E-state index contributed by atoms with van der Waals surface area (Å²) < 4.78 is 0. The first-order valence-electron chi connectivity index (χ1n) is 6.94. The lowest BCUT2D eigenvalue weighted by atomic mass is 10.1. The van der Waals surface area contributed by atoms with Crippen LogP contribution in [0.15, 0.2) is 41.6 Å². The van der Waals surface area contributed by atoms with E-state index in [4.69, 9.17) is 10.9 Å². The molecule has 0 aliphatic rings. The molecule has 0 aliphatic carbocycles. The molecule has 4 nitrogen and oxygen atoms in total. The van der Waals surface area contributed by atoms with Crippen molar-refractivity contribution >= 4 is 17.2 Å². The van der Waals surface area contributed by atoms with Gasteiger partial charge < -0.3 is 16.3 Å². The van der Waals surface area contributed by atoms with Crippen molar-refractivity contribution in [3.8, 4) is 0 Å². The monoisotopic (exact) mass is 303 g/mol. The minimum atomic E-state index is 0.147. The van der Waals surface area contributed by atoms with Gasteiger partial charge in [-0.3, -0.25) is 0 Å². The molecule has 21 heavy (non-hydrogen) atoms. The summed E-state index contributed by atoms with van der Waals surface area (Å²) in [6.07, 6.45) is 1.00. The maximum Gasteiger partial charge on any atom is 0.170 e. The van der Waals surface area contributed by atoms with Crippen molar-refractivity contribution in [1.82, 2.24) is 5.32 Å². The Hall–Kier alpha value is -1.85. The topological polar surface area (TPSA) is 70.6 Å². The number of hydrogen-bond acceptors (Lipinski definition) is 4. The summed E-state index contributed by atoms with van der Waals surface area (Å²) in [5, 5.41) is 15.4. The molecule has 1 heterocycles. The second kappa shape index (κ2) is 7.24. The summed E-state index contributed by atoms with van der Waals surface area (Å²) in [5.41, 5.74) is 7.50. The Morgan fingerprint density at radius 1 is 1.33 bits per heavy atom. The molecular weight excluding hydrogens is 282 g/mol. The SMILES string of the molecule is Cc1ccc(CC(C)NCc2ccccc2C(N)=NO)s1. The van der Waals surface area contributed by atoms with Crippen molar-refractivity contribution in [2.45, 2.75) is 32.9 Å². The normalized spacial score (nSPS) is 13.3. The average molecular weight is 303 g/mol. The van der Waals surface area contributed by atoms with Crippen LogP contribution in [0.1, 0.15) is 27.8 Å². The van der Waals surface area contributed by atoms with Crippen molar-refractivity contribution in [3.05, 3.63) is 57.3 Å². The maximum absolute atomic E-state index is 8.83. The van der Waals surface area contributed by atoms with Crippen molar-refractivity contribution in [2.75, 3.05) is 0 Å². The number of nitrogens with two attached hydrogens (primary N) is 1. The Kier molecular flexibility index (Phi) is 5.36. The lowest BCUT2D eigenvalue weighted by Crippen LogP contribution is -2.28. The summed E-state index contributed by atoms with van der Waals surface area (Å²) in [4.78, 5) is 2.73. The molecule has 0 aliphatic heterocycles. The van der Waals surface area contributed by atoms with E-state index < -0.39 is 0 Å². The third kappa shape index (κ3) is 4.31. The fourth-order valence-electron chi connectivity index (χ4n) is 2.23. The van der Waals surface area contributed by atoms with Crippen LogP contribution in [0.2, 0.25) is 0 Å². The highest BCUT2D eigenvalue weighted by Gasteiger charge is 2.09. The summed E-state index contributed by atoms with van der Waals surface area (Å²) in [5.74, 6) is 0.147. The highest BCUT2D eigenvalue weighted by Crippen LogP contribution is 2.17. The van der Waals surface area contributed by atoms with Gasteiger partial charge in [-0.1, -0.05) is 29.4 Å². The van der Waals surface area contributed by atoms with Crippen LogP contribution in [0.4, 0.5) is 0 Å². The summed E-state index contributed by atoms with van der Waals surface area (Å²) in [6.45, 7) is 4.98. The molecule has 1 atom stereocenters. The van der Waals surface area contributed by atoms with Gasteiger partial charge in [0.25, 0.3) is 0 Å². The van der Waals surface area contributed by atoms with Crippen molar-refractivity contribution in [1.29, 1.82) is 0 Å². The van der Waals surface area contributed by atoms with Gasteiger partial charge in [-0.15, -0.1) is 11.3 Å². The van der Waals surface area contributed by atoms with Crippen molar-refractivity contribution < 1.29 is 5.21 Å². The number of amidine groups is 1. The van der Waals surface area contributed by atoms with Crippen LogP contribution in [0.5, 0.6) is 0 Å². The minimum Gasteiger partial charge on any atom is -0.409 e. The zero-order chi connectivity index (χ0) is 15.2. The molecule has 5 heteroatoms. The molecule has 0 saturated heterocycles. The van der Waals surface area contributed by atoms with Crippen LogP contribution in [0.25, 0.3) is 0 Å². The van der Waals surface area contributed by atoms with E-state index in [0.29, 0.717) is 12.6 Å². The predicted octanol–water partition coefficient (Wildman–Crippen LogP) is 2.87. The Morgan fingerprint density at radius 2 is 2.10 bits per heavy atom. The maximum atomic E-state index is 8.83. The quantitative estimate of drug-likeness (QED) is 0.332. The van der Waals surface area contributed by atoms with Gasteiger partial charge >= 0.3 is 0 Å². The number of benzene rings is 1. The molecule has 0 fully saturated rings.